The fourth-order valence-electron chi connectivity index (χ4n) is 5.07. The Morgan fingerprint density at radius 1 is 1.00 bits per heavy atom. The fraction of sp³-hybridized carbons (Fsp3) is 0.520. The van der Waals surface area contributed by atoms with Gasteiger partial charge in [0, 0.05) is 12.0 Å². The highest BCUT2D eigenvalue weighted by atomic mass is 16.5. The normalized spacial score (nSPS) is 26.2. The van der Waals surface area contributed by atoms with Crippen molar-refractivity contribution in [2.45, 2.75) is 57.3 Å². The minimum absolute atomic E-state index is 0.333. The molecule has 3 nitrogen and oxygen atoms in total. The van der Waals surface area contributed by atoms with Crippen LogP contribution in [0.25, 0.3) is 10.8 Å². The molecule has 0 bridgehead atoms. The molecule has 2 aromatic rings. The Morgan fingerprint density at radius 3 is 2.64 bits per heavy atom. The predicted octanol–water partition coefficient (Wildman–Crippen LogP) is 5.54. The van der Waals surface area contributed by atoms with Crippen LogP contribution in [0.2, 0.25) is 0 Å². The molecule has 3 heteroatoms. The monoisotopic (exact) mass is 379 g/mol. The van der Waals surface area contributed by atoms with Crippen LogP contribution in [0.4, 0.5) is 0 Å². The van der Waals surface area contributed by atoms with E-state index in [1.165, 1.54) is 61.5 Å². The fourth-order valence-corrected chi connectivity index (χ4v) is 5.07. The SMILES string of the molecule is COC=CCC1C(OCc2ccc3ccccc3c2)CCC1N1CCCCC1. The number of nitrogens with zero attached hydrogens (tertiary/aromatic N) is 1. The zero-order valence-corrected chi connectivity index (χ0v) is 17.1. The van der Waals surface area contributed by atoms with Gasteiger partial charge in [0.2, 0.25) is 0 Å². The summed E-state index contributed by atoms with van der Waals surface area (Å²) >= 11 is 0. The van der Waals surface area contributed by atoms with E-state index in [0.29, 0.717) is 24.7 Å². The topological polar surface area (TPSA) is 21.7 Å². The van der Waals surface area contributed by atoms with Crippen LogP contribution in [0.15, 0.2) is 54.8 Å². The second kappa shape index (κ2) is 9.58. The van der Waals surface area contributed by atoms with E-state index >= 15 is 0 Å². The number of methoxy groups -OCH3 is 1. The smallest absolute Gasteiger partial charge is 0.0784 e. The summed E-state index contributed by atoms with van der Waals surface area (Å²) in [7, 11) is 1.72. The molecule has 2 aromatic carbocycles. The van der Waals surface area contributed by atoms with Crippen molar-refractivity contribution in [2.24, 2.45) is 5.92 Å². The van der Waals surface area contributed by atoms with Crippen molar-refractivity contribution in [3.8, 4) is 0 Å². The Balaban J connectivity index is 1.42. The van der Waals surface area contributed by atoms with E-state index in [1.807, 2.05) is 6.26 Å². The van der Waals surface area contributed by atoms with Crippen LogP contribution in [0.1, 0.15) is 44.1 Å². The molecule has 150 valence electrons. The van der Waals surface area contributed by atoms with Gasteiger partial charge in [-0.3, -0.25) is 0 Å². The summed E-state index contributed by atoms with van der Waals surface area (Å²) in [5, 5.41) is 2.58. The van der Waals surface area contributed by atoms with E-state index in [4.69, 9.17) is 9.47 Å². The van der Waals surface area contributed by atoms with Gasteiger partial charge in [-0.05, 0) is 73.7 Å². The van der Waals surface area contributed by atoms with E-state index < -0.39 is 0 Å². The minimum atomic E-state index is 0.333. The molecule has 1 saturated carbocycles. The first kappa shape index (κ1) is 19.5. The molecule has 3 unspecified atom stereocenters. The summed E-state index contributed by atoms with van der Waals surface area (Å²) in [6.07, 6.45) is 11.9. The Bertz CT molecular complexity index is 781. The Hall–Kier alpha value is -1.84. The average Bonchev–Trinajstić information content (AvgIpc) is 3.16. The number of hydrogen-bond acceptors (Lipinski definition) is 3. The Kier molecular flexibility index (Phi) is 6.66. The molecule has 0 amide bonds. The van der Waals surface area contributed by atoms with Gasteiger partial charge >= 0.3 is 0 Å². The molecule has 1 saturated heterocycles. The number of likely N-dealkylation sites (tertiary alicyclic amines) is 1. The maximum atomic E-state index is 6.50. The summed E-state index contributed by atoms with van der Waals surface area (Å²) in [6, 6.07) is 15.9. The largest absolute Gasteiger partial charge is 0.505 e. The Labute approximate surface area is 169 Å². The van der Waals surface area contributed by atoms with Gasteiger partial charge in [0.25, 0.3) is 0 Å². The second-order valence-corrected chi connectivity index (χ2v) is 8.28. The lowest BCUT2D eigenvalue weighted by molar-refractivity contribution is -0.000224. The number of piperidine rings is 1. The second-order valence-electron chi connectivity index (χ2n) is 8.28. The average molecular weight is 380 g/mol. The number of rotatable bonds is 7. The third-order valence-corrected chi connectivity index (χ3v) is 6.50. The molecule has 3 atom stereocenters. The van der Waals surface area contributed by atoms with Gasteiger partial charge < -0.3 is 14.4 Å². The number of ether oxygens (including phenoxy) is 2. The highest BCUT2D eigenvalue weighted by Crippen LogP contribution is 2.37. The highest BCUT2D eigenvalue weighted by molar-refractivity contribution is 5.82. The molecule has 2 fully saturated rings. The van der Waals surface area contributed by atoms with E-state index in [-0.39, 0.29) is 0 Å². The van der Waals surface area contributed by atoms with Crippen LogP contribution >= 0.6 is 0 Å². The predicted molar refractivity (Wildman–Crippen MR) is 115 cm³/mol. The molecule has 0 aromatic heterocycles. The van der Waals surface area contributed by atoms with Crippen LogP contribution in [-0.2, 0) is 16.1 Å². The summed E-state index contributed by atoms with van der Waals surface area (Å²) < 4.78 is 11.7. The van der Waals surface area contributed by atoms with Crippen molar-refractivity contribution in [2.75, 3.05) is 20.2 Å². The van der Waals surface area contributed by atoms with Crippen molar-refractivity contribution in [1.29, 1.82) is 0 Å². The summed E-state index contributed by atoms with van der Waals surface area (Å²) in [5.74, 6) is 0.560. The van der Waals surface area contributed by atoms with Gasteiger partial charge in [-0.25, -0.2) is 0 Å². The lowest BCUT2D eigenvalue weighted by Crippen LogP contribution is -2.43. The molecule has 1 heterocycles. The van der Waals surface area contributed by atoms with Crippen LogP contribution in [0.3, 0.4) is 0 Å². The van der Waals surface area contributed by atoms with Gasteiger partial charge in [-0.2, -0.15) is 0 Å². The molecule has 1 aliphatic heterocycles. The van der Waals surface area contributed by atoms with Crippen molar-refractivity contribution >= 4 is 10.8 Å². The lowest BCUT2D eigenvalue weighted by Gasteiger charge is -2.36. The van der Waals surface area contributed by atoms with Crippen molar-refractivity contribution in [3.63, 3.8) is 0 Å². The maximum Gasteiger partial charge on any atom is 0.0784 e. The molecular formula is C25H33NO2. The third kappa shape index (κ3) is 4.59. The van der Waals surface area contributed by atoms with Gasteiger partial charge in [0.15, 0.2) is 0 Å². The van der Waals surface area contributed by atoms with Crippen molar-refractivity contribution in [1.82, 2.24) is 4.90 Å². The molecule has 28 heavy (non-hydrogen) atoms. The number of hydrogen-bond donors (Lipinski definition) is 0. The summed E-state index contributed by atoms with van der Waals surface area (Å²) in [5.41, 5.74) is 1.27. The van der Waals surface area contributed by atoms with E-state index in [9.17, 15) is 0 Å². The van der Waals surface area contributed by atoms with Crippen LogP contribution in [0, 0.1) is 5.92 Å². The quantitative estimate of drug-likeness (QED) is 0.590. The summed E-state index contributed by atoms with van der Waals surface area (Å²) in [6.45, 7) is 3.21. The van der Waals surface area contributed by atoms with Crippen LogP contribution < -0.4 is 0 Å². The number of fused-ring (bicyclic) bond motifs is 1. The first-order valence-electron chi connectivity index (χ1n) is 10.9. The first-order valence-corrected chi connectivity index (χ1v) is 10.9. The van der Waals surface area contributed by atoms with Gasteiger partial charge in [-0.15, -0.1) is 0 Å². The standard InChI is InChI=1S/C25H33NO2/c1-27-17-7-10-23-24(26-15-5-2-6-16-26)13-14-25(23)28-19-20-11-12-21-8-3-4-9-22(21)18-20/h3-4,7-9,11-12,17-18,23-25H,2,5-6,10,13-16,19H2,1H3. The Morgan fingerprint density at radius 2 is 1.82 bits per heavy atom. The minimum Gasteiger partial charge on any atom is -0.505 e. The van der Waals surface area contributed by atoms with E-state index in [1.54, 1.807) is 7.11 Å². The maximum absolute atomic E-state index is 6.50. The molecule has 0 radical (unpaired) electrons. The molecule has 0 spiro atoms. The van der Waals surface area contributed by atoms with Gasteiger partial charge in [0.1, 0.15) is 0 Å². The molecule has 2 aliphatic rings. The molecule has 1 aliphatic carbocycles. The summed E-state index contributed by atoms with van der Waals surface area (Å²) in [4.78, 5) is 2.73. The molecular weight excluding hydrogens is 346 g/mol. The number of allylic oxidation sites excluding steroid dienone is 1. The van der Waals surface area contributed by atoms with E-state index in [2.05, 4.69) is 53.4 Å². The number of benzene rings is 2. The lowest BCUT2D eigenvalue weighted by atomic mass is 9.94. The van der Waals surface area contributed by atoms with Gasteiger partial charge in [-0.1, -0.05) is 42.8 Å². The molecule has 4 rings (SSSR count). The zero-order chi connectivity index (χ0) is 19.2. The van der Waals surface area contributed by atoms with Gasteiger partial charge in [0.05, 0.1) is 26.1 Å². The van der Waals surface area contributed by atoms with Crippen molar-refractivity contribution in [3.05, 3.63) is 60.4 Å². The van der Waals surface area contributed by atoms with Crippen LogP contribution in [0.5, 0.6) is 0 Å². The molecule has 0 N–H and O–H groups in total. The van der Waals surface area contributed by atoms with Crippen LogP contribution in [-0.4, -0.2) is 37.2 Å². The highest BCUT2D eigenvalue weighted by Gasteiger charge is 2.39. The van der Waals surface area contributed by atoms with E-state index in [0.717, 1.165) is 6.42 Å². The van der Waals surface area contributed by atoms with Crippen molar-refractivity contribution < 1.29 is 9.47 Å². The first-order chi connectivity index (χ1) is 13.8. The third-order valence-electron chi connectivity index (χ3n) is 6.50. The zero-order valence-electron chi connectivity index (χ0n) is 17.1.